The van der Waals surface area contributed by atoms with Gasteiger partial charge in [0.2, 0.25) is 0 Å². The summed E-state index contributed by atoms with van der Waals surface area (Å²) < 4.78 is 1.21. The van der Waals surface area contributed by atoms with Crippen LogP contribution in [-0.4, -0.2) is 18.3 Å². The number of aliphatic hydroxyl groups excluding tert-OH is 1. The van der Waals surface area contributed by atoms with Crippen molar-refractivity contribution in [3.63, 3.8) is 0 Å². The fraction of sp³-hybridized carbons (Fsp3) is 0.500. The lowest BCUT2D eigenvalue weighted by Crippen LogP contribution is -2.43. The van der Waals surface area contributed by atoms with Crippen LogP contribution in [0, 0.1) is 3.57 Å². The van der Waals surface area contributed by atoms with Gasteiger partial charge in [-0.1, -0.05) is 19.1 Å². The van der Waals surface area contributed by atoms with Crippen molar-refractivity contribution in [2.24, 2.45) is 0 Å². The summed E-state index contributed by atoms with van der Waals surface area (Å²) in [5.41, 5.74) is 0.819. The molecule has 0 aliphatic rings. The minimum absolute atomic E-state index is 0.119. The number of halogens is 1. The van der Waals surface area contributed by atoms with E-state index < -0.39 is 0 Å². The molecular formula is C12H18INO. The number of rotatable bonds is 5. The zero-order chi connectivity index (χ0) is 11.3. The Morgan fingerprint density at radius 2 is 1.93 bits per heavy atom. The molecule has 1 rings (SSSR count). The molecule has 1 unspecified atom stereocenters. The van der Waals surface area contributed by atoms with Crippen LogP contribution in [0.25, 0.3) is 0 Å². The Kier molecular flexibility index (Phi) is 5.02. The molecule has 2 nitrogen and oxygen atoms in total. The third kappa shape index (κ3) is 3.43. The van der Waals surface area contributed by atoms with E-state index in [0.717, 1.165) is 18.5 Å². The van der Waals surface area contributed by atoms with Crippen LogP contribution in [0.4, 0.5) is 0 Å². The lowest BCUT2D eigenvalue weighted by atomic mass is 9.93. The van der Waals surface area contributed by atoms with E-state index >= 15 is 0 Å². The van der Waals surface area contributed by atoms with Crippen molar-refractivity contribution in [2.75, 3.05) is 13.2 Å². The van der Waals surface area contributed by atoms with Gasteiger partial charge in [0, 0.05) is 3.57 Å². The second kappa shape index (κ2) is 5.82. The van der Waals surface area contributed by atoms with Gasteiger partial charge in [-0.05, 0) is 60.2 Å². The number of benzene rings is 1. The summed E-state index contributed by atoms with van der Waals surface area (Å²) in [5, 5.41) is 12.8. The van der Waals surface area contributed by atoms with E-state index in [9.17, 15) is 5.11 Å². The SMILES string of the molecule is CCCNC(C)(CO)c1ccc(I)cc1. The molecule has 0 radical (unpaired) electrons. The van der Waals surface area contributed by atoms with Gasteiger partial charge in [-0.2, -0.15) is 0 Å². The Labute approximate surface area is 105 Å². The zero-order valence-corrected chi connectivity index (χ0v) is 11.4. The quantitative estimate of drug-likeness (QED) is 0.818. The standard InChI is InChI=1S/C12H18INO/c1-3-8-14-12(2,9-15)10-4-6-11(13)7-5-10/h4-7,14-15H,3,8-9H2,1-2H3. The van der Waals surface area contributed by atoms with Gasteiger partial charge in [0.1, 0.15) is 0 Å². The highest BCUT2D eigenvalue weighted by Gasteiger charge is 2.24. The van der Waals surface area contributed by atoms with Gasteiger partial charge in [-0.15, -0.1) is 0 Å². The molecule has 0 aromatic heterocycles. The third-order valence-electron chi connectivity index (χ3n) is 2.56. The van der Waals surface area contributed by atoms with E-state index in [-0.39, 0.29) is 12.1 Å². The van der Waals surface area contributed by atoms with E-state index in [1.54, 1.807) is 0 Å². The lowest BCUT2D eigenvalue weighted by molar-refractivity contribution is 0.175. The first-order chi connectivity index (χ1) is 7.12. The van der Waals surface area contributed by atoms with Gasteiger partial charge in [-0.25, -0.2) is 0 Å². The van der Waals surface area contributed by atoms with Crippen LogP contribution in [0.5, 0.6) is 0 Å². The van der Waals surface area contributed by atoms with Crippen molar-refractivity contribution in [3.05, 3.63) is 33.4 Å². The maximum Gasteiger partial charge on any atom is 0.0652 e. The molecule has 0 aliphatic heterocycles. The van der Waals surface area contributed by atoms with Gasteiger partial charge in [0.25, 0.3) is 0 Å². The van der Waals surface area contributed by atoms with Crippen molar-refractivity contribution >= 4 is 22.6 Å². The summed E-state index contributed by atoms with van der Waals surface area (Å²) in [6, 6.07) is 8.27. The summed E-state index contributed by atoms with van der Waals surface area (Å²) in [6.07, 6.45) is 1.07. The van der Waals surface area contributed by atoms with Crippen LogP contribution >= 0.6 is 22.6 Å². The minimum atomic E-state index is -0.319. The molecular weight excluding hydrogens is 301 g/mol. The van der Waals surface area contributed by atoms with Crippen LogP contribution in [-0.2, 0) is 5.54 Å². The average Bonchev–Trinajstić information content (AvgIpc) is 2.27. The van der Waals surface area contributed by atoms with Gasteiger partial charge in [0.15, 0.2) is 0 Å². The molecule has 0 fully saturated rings. The molecule has 15 heavy (non-hydrogen) atoms. The normalized spacial score (nSPS) is 14.9. The van der Waals surface area contributed by atoms with Crippen LogP contribution in [0.3, 0.4) is 0 Å². The first kappa shape index (κ1) is 12.9. The summed E-state index contributed by atoms with van der Waals surface area (Å²) >= 11 is 2.28. The Bertz CT molecular complexity index is 299. The number of nitrogens with one attached hydrogen (secondary N) is 1. The number of hydrogen-bond acceptors (Lipinski definition) is 2. The molecule has 1 aromatic carbocycles. The molecule has 0 saturated carbocycles. The Morgan fingerprint density at radius 1 is 1.33 bits per heavy atom. The van der Waals surface area contributed by atoms with Crippen LogP contribution in [0.15, 0.2) is 24.3 Å². The first-order valence-corrected chi connectivity index (χ1v) is 6.32. The fourth-order valence-corrected chi connectivity index (χ4v) is 1.83. The predicted octanol–water partition coefficient (Wildman–Crippen LogP) is 2.50. The molecule has 0 heterocycles. The van der Waals surface area contributed by atoms with E-state index in [1.807, 2.05) is 6.92 Å². The highest BCUT2D eigenvalue weighted by atomic mass is 127. The monoisotopic (exact) mass is 319 g/mol. The molecule has 0 bridgehead atoms. The largest absolute Gasteiger partial charge is 0.394 e. The van der Waals surface area contributed by atoms with Crippen LogP contribution in [0.2, 0.25) is 0 Å². The maximum atomic E-state index is 9.47. The van der Waals surface area contributed by atoms with Crippen molar-refractivity contribution < 1.29 is 5.11 Å². The van der Waals surface area contributed by atoms with E-state index in [4.69, 9.17) is 0 Å². The molecule has 0 spiro atoms. The molecule has 3 heteroatoms. The second-order valence-corrected chi connectivity index (χ2v) is 5.17. The fourth-order valence-electron chi connectivity index (χ4n) is 1.47. The van der Waals surface area contributed by atoms with Gasteiger partial charge in [-0.3, -0.25) is 0 Å². The predicted molar refractivity (Wildman–Crippen MR) is 71.9 cm³/mol. The van der Waals surface area contributed by atoms with Gasteiger partial charge in [0.05, 0.1) is 12.1 Å². The number of aliphatic hydroxyl groups is 1. The van der Waals surface area contributed by atoms with Crippen molar-refractivity contribution in [1.29, 1.82) is 0 Å². The van der Waals surface area contributed by atoms with Gasteiger partial charge >= 0.3 is 0 Å². The summed E-state index contributed by atoms with van der Waals surface area (Å²) in [7, 11) is 0. The molecule has 0 saturated heterocycles. The molecule has 2 N–H and O–H groups in total. The Balaban J connectivity index is 2.85. The first-order valence-electron chi connectivity index (χ1n) is 5.24. The smallest absolute Gasteiger partial charge is 0.0652 e. The molecule has 1 atom stereocenters. The summed E-state index contributed by atoms with van der Waals surface area (Å²) in [6.45, 7) is 5.19. The highest BCUT2D eigenvalue weighted by molar-refractivity contribution is 14.1. The minimum Gasteiger partial charge on any atom is -0.394 e. The molecule has 0 aliphatic carbocycles. The topological polar surface area (TPSA) is 32.3 Å². The second-order valence-electron chi connectivity index (χ2n) is 3.92. The molecule has 0 amide bonds. The Hall–Kier alpha value is -0.130. The Morgan fingerprint density at radius 3 is 2.40 bits per heavy atom. The summed E-state index contributed by atoms with van der Waals surface area (Å²) in [5.74, 6) is 0. The van der Waals surface area contributed by atoms with Crippen LogP contribution in [0.1, 0.15) is 25.8 Å². The van der Waals surface area contributed by atoms with E-state index in [0.29, 0.717) is 0 Å². The zero-order valence-electron chi connectivity index (χ0n) is 9.26. The van der Waals surface area contributed by atoms with E-state index in [2.05, 4.69) is 59.1 Å². The molecule has 84 valence electrons. The highest BCUT2D eigenvalue weighted by Crippen LogP contribution is 2.21. The van der Waals surface area contributed by atoms with Gasteiger partial charge < -0.3 is 10.4 Å². The van der Waals surface area contributed by atoms with Crippen LogP contribution < -0.4 is 5.32 Å². The third-order valence-corrected chi connectivity index (χ3v) is 3.28. The van der Waals surface area contributed by atoms with Crippen molar-refractivity contribution in [1.82, 2.24) is 5.32 Å². The summed E-state index contributed by atoms with van der Waals surface area (Å²) in [4.78, 5) is 0. The van der Waals surface area contributed by atoms with Crippen molar-refractivity contribution in [2.45, 2.75) is 25.8 Å². The van der Waals surface area contributed by atoms with Crippen molar-refractivity contribution in [3.8, 4) is 0 Å². The molecule has 1 aromatic rings. The lowest BCUT2D eigenvalue weighted by Gasteiger charge is -2.29. The number of hydrogen-bond donors (Lipinski definition) is 2. The maximum absolute atomic E-state index is 9.47. The average molecular weight is 319 g/mol. The van der Waals surface area contributed by atoms with E-state index in [1.165, 1.54) is 3.57 Å².